The minimum atomic E-state index is -0.541. The maximum absolute atomic E-state index is 13.8. The number of hydrogen-bond donors (Lipinski definition) is 0. The summed E-state index contributed by atoms with van der Waals surface area (Å²) < 4.78 is 18.0. The van der Waals surface area contributed by atoms with E-state index in [0.717, 1.165) is 43.2 Å². The maximum atomic E-state index is 13.8. The summed E-state index contributed by atoms with van der Waals surface area (Å²) in [5.41, 5.74) is 2.24. The third-order valence-electron chi connectivity index (χ3n) is 7.01. The van der Waals surface area contributed by atoms with Crippen molar-refractivity contribution in [3.63, 3.8) is 0 Å². The van der Waals surface area contributed by atoms with Gasteiger partial charge in [-0.25, -0.2) is 0 Å². The number of carbonyl (C=O) groups is 2. The number of pyridine rings is 1. The van der Waals surface area contributed by atoms with Gasteiger partial charge >= 0.3 is 0 Å². The molecular weight excluding hydrogens is 444 g/mol. The summed E-state index contributed by atoms with van der Waals surface area (Å²) in [6, 6.07) is 8.94. The molecule has 0 spiro atoms. The number of ketones is 1. The summed E-state index contributed by atoms with van der Waals surface area (Å²) >= 11 is 0. The van der Waals surface area contributed by atoms with Gasteiger partial charge in [-0.3, -0.25) is 14.6 Å². The molecule has 0 N–H and O–H groups in total. The first-order valence-electron chi connectivity index (χ1n) is 12.7. The molecule has 1 fully saturated rings. The number of Topliss-reactive ketones (excluding diaryl/α,β-unsaturated/α-hetero) is 1. The van der Waals surface area contributed by atoms with E-state index in [-0.39, 0.29) is 29.5 Å². The lowest BCUT2D eigenvalue weighted by molar-refractivity contribution is -0.135. The van der Waals surface area contributed by atoms with Crippen LogP contribution in [0.15, 0.2) is 54.1 Å². The molecule has 3 unspecified atom stereocenters. The lowest BCUT2D eigenvalue weighted by atomic mass is 9.77. The zero-order chi connectivity index (χ0) is 24.4. The quantitative estimate of drug-likeness (QED) is 0.546. The fourth-order valence-electron chi connectivity index (χ4n) is 5.38. The molecule has 7 nitrogen and oxygen atoms in total. The second-order valence-electron chi connectivity index (χ2n) is 9.33. The highest BCUT2D eigenvalue weighted by Crippen LogP contribution is 2.48. The van der Waals surface area contributed by atoms with Gasteiger partial charge in [-0.15, -0.1) is 0 Å². The molecule has 1 saturated carbocycles. The fraction of sp³-hybridized carbons (Fsp3) is 0.464. The number of benzene rings is 1. The Morgan fingerprint density at radius 2 is 1.83 bits per heavy atom. The summed E-state index contributed by atoms with van der Waals surface area (Å²) in [5.74, 6) is 1.14. The molecule has 184 valence electrons. The van der Waals surface area contributed by atoms with Crippen LogP contribution in [0.3, 0.4) is 0 Å². The number of fused-ring (bicyclic) bond motifs is 1. The van der Waals surface area contributed by atoms with Gasteiger partial charge in [0.15, 0.2) is 23.0 Å². The average molecular weight is 477 g/mol. The van der Waals surface area contributed by atoms with Crippen LogP contribution >= 0.6 is 0 Å². The van der Waals surface area contributed by atoms with E-state index in [4.69, 9.17) is 14.2 Å². The Balaban J connectivity index is 1.58. The number of amides is 1. The third-order valence-corrected chi connectivity index (χ3v) is 7.01. The van der Waals surface area contributed by atoms with Crippen LogP contribution < -0.4 is 9.47 Å². The molecule has 1 aliphatic carbocycles. The lowest BCUT2D eigenvalue weighted by Gasteiger charge is -2.35. The van der Waals surface area contributed by atoms with Gasteiger partial charge in [-0.1, -0.05) is 19.4 Å². The number of rotatable bonds is 8. The minimum Gasteiger partial charge on any atom is -0.490 e. The SMILES string of the molecule is CCCOc1ccc(C2C3=C(OC4CCCCC4C3=O)C(=O)N2Cc2ccncc2)cc1OCC. The summed E-state index contributed by atoms with van der Waals surface area (Å²) in [6.07, 6.45) is 7.75. The normalized spacial score (nSPS) is 23.6. The molecular formula is C28H32N2O5. The van der Waals surface area contributed by atoms with Gasteiger partial charge in [0.05, 0.1) is 30.7 Å². The molecule has 3 atom stereocenters. The largest absolute Gasteiger partial charge is 0.490 e. The number of ether oxygens (including phenoxy) is 3. The molecule has 5 rings (SSSR count). The van der Waals surface area contributed by atoms with Crippen molar-refractivity contribution in [3.05, 3.63) is 65.2 Å². The number of hydrogen-bond acceptors (Lipinski definition) is 6. The summed E-state index contributed by atoms with van der Waals surface area (Å²) in [7, 11) is 0. The zero-order valence-electron chi connectivity index (χ0n) is 20.4. The number of nitrogens with zero attached hydrogens (tertiary/aromatic N) is 2. The van der Waals surface area contributed by atoms with E-state index < -0.39 is 6.04 Å². The van der Waals surface area contributed by atoms with Gasteiger partial charge in [-0.2, -0.15) is 0 Å². The second-order valence-corrected chi connectivity index (χ2v) is 9.33. The van der Waals surface area contributed by atoms with Crippen LogP contribution in [0.25, 0.3) is 0 Å². The van der Waals surface area contributed by atoms with Crippen molar-refractivity contribution < 1.29 is 23.8 Å². The first-order valence-corrected chi connectivity index (χ1v) is 12.7. The van der Waals surface area contributed by atoms with Crippen molar-refractivity contribution in [2.45, 2.75) is 64.6 Å². The van der Waals surface area contributed by atoms with Gasteiger partial charge in [0.2, 0.25) is 0 Å². The van der Waals surface area contributed by atoms with Gasteiger partial charge < -0.3 is 19.1 Å². The first-order chi connectivity index (χ1) is 17.1. The van der Waals surface area contributed by atoms with E-state index >= 15 is 0 Å². The Morgan fingerprint density at radius 1 is 1.03 bits per heavy atom. The molecule has 7 heteroatoms. The molecule has 2 aromatic rings. The molecule has 0 radical (unpaired) electrons. The highest BCUT2D eigenvalue weighted by atomic mass is 16.5. The first kappa shape index (κ1) is 23.4. The minimum absolute atomic E-state index is 0.0517. The van der Waals surface area contributed by atoms with Crippen molar-refractivity contribution in [1.82, 2.24) is 9.88 Å². The van der Waals surface area contributed by atoms with Gasteiger partial charge in [-0.05, 0) is 68.0 Å². The Kier molecular flexibility index (Phi) is 6.75. The van der Waals surface area contributed by atoms with Crippen LogP contribution in [0, 0.1) is 5.92 Å². The van der Waals surface area contributed by atoms with Crippen molar-refractivity contribution >= 4 is 11.7 Å². The van der Waals surface area contributed by atoms with E-state index in [9.17, 15) is 9.59 Å². The Morgan fingerprint density at radius 3 is 2.60 bits per heavy atom. The molecule has 1 aromatic carbocycles. The smallest absolute Gasteiger partial charge is 0.290 e. The Labute approximate surface area is 206 Å². The number of carbonyl (C=O) groups excluding carboxylic acids is 2. The van der Waals surface area contributed by atoms with Crippen molar-refractivity contribution in [3.8, 4) is 11.5 Å². The van der Waals surface area contributed by atoms with Crippen LogP contribution in [0.5, 0.6) is 11.5 Å². The van der Waals surface area contributed by atoms with Crippen molar-refractivity contribution in [1.29, 1.82) is 0 Å². The van der Waals surface area contributed by atoms with E-state index in [1.807, 2.05) is 37.3 Å². The lowest BCUT2D eigenvalue weighted by Crippen LogP contribution is -2.39. The highest BCUT2D eigenvalue weighted by molar-refractivity contribution is 6.11. The molecule has 1 aromatic heterocycles. The Hall–Kier alpha value is -3.35. The summed E-state index contributed by atoms with van der Waals surface area (Å²) in [4.78, 5) is 33.3. The van der Waals surface area contributed by atoms with Crippen LogP contribution in [0.2, 0.25) is 0 Å². The van der Waals surface area contributed by atoms with Crippen LogP contribution in [-0.2, 0) is 20.9 Å². The highest BCUT2D eigenvalue weighted by Gasteiger charge is 2.52. The van der Waals surface area contributed by atoms with Gasteiger partial charge in [0, 0.05) is 18.9 Å². The van der Waals surface area contributed by atoms with Crippen LogP contribution in [0.4, 0.5) is 0 Å². The maximum Gasteiger partial charge on any atom is 0.290 e. The molecule has 0 saturated heterocycles. The topological polar surface area (TPSA) is 78.0 Å². The summed E-state index contributed by atoms with van der Waals surface area (Å²) in [5, 5.41) is 0. The average Bonchev–Trinajstić information content (AvgIpc) is 3.15. The van der Waals surface area contributed by atoms with Crippen LogP contribution in [-0.4, -0.2) is 40.9 Å². The van der Waals surface area contributed by atoms with E-state index in [2.05, 4.69) is 11.9 Å². The molecule has 3 heterocycles. The van der Waals surface area contributed by atoms with E-state index in [1.54, 1.807) is 17.3 Å². The third kappa shape index (κ3) is 4.40. The van der Waals surface area contributed by atoms with Crippen molar-refractivity contribution in [2.24, 2.45) is 5.92 Å². The van der Waals surface area contributed by atoms with Gasteiger partial charge in [0.25, 0.3) is 5.91 Å². The zero-order valence-corrected chi connectivity index (χ0v) is 20.4. The summed E-state index contributed by atoms with van der Waals surface area (Å²) in [6.45, 7) is 5.39. The molecule has 2 aliphatic heterocycles. The predicted molar refractivity (Wildman–Crippen MR) is 130 cm³/mol. The second kappa shape index (κ2) is 10.1. The monoisotopic (exact) mass is 476 g/mol. The standard InChI is InChI=1S/C28H32N2O5/c1-3-15-34-22-10-9-19(16-23(22)33-4-2)25-24-26(31)20-7-5-6-8-21(20)35-27(24)28(32)30(25)17-18-11-13-29-14-12-18/h9-14,16,20-21,25H,3-8,15,17H2,1-2H3. The number of aromatic nitrogens is 1. The van der Waals surface area contributed by atoms with E-state index in [0.29, 0.717) is 36.8 Å². The van der Waals surface area contributed by atoms with Crippen LogP contribution in [0.1, 0.15) is 63.1 Å². The fourth-order valence-corrected chi connectivity index (χ4v) is 5.38. The van der Waals surface area contributed by atoms with Crippen molar-refractivity contribution in [2.75, 3.05) is 13.2 Å². The Bertz CT molecular complexity index is 1130. The predicted octanol–water partition coefficient (Wildman–Crippen LogP) is 4.76. The molecule has 35 heavy (non-hydrogen) atoms. The van der Waals surface area contributed by atoms with E-state index in [1.165, 1.54) is 0 Å². The molecule has 0 bridgehead atoms. The van der Waals surface area contributed by atoms with Gasteiger partial charge in [0.1, 0.15) is 6.10 Å². The molecule has 3 aliphatic rings. The molecule has 1 amide bonds.